The molecule has 130 valence electrons. The minimum Gasteiger partial charge on any atom is -0.497 e. The van der Waals surface area contributed by atoms with Crippen LogP contribution in [0, 0.1) is 0 Å². The van der Waals surface area contributed by atoms with Crippen molar-refractivity contribution in [2.45, 2.75) is 38.0 Å². The van der Waals surface area contributed by atoms with Crippen molar-refractivity contribution in [3.8, 4) is 5.75 Å². The van der Waals surface area contributed by atoms with E-state index >= 15 is 0 Å². The van der Waals surface area contributed by atoms with E-state index < -0.39 is 6.10 Å². The first-order valence-electron chi connectivity index (χ1n) is 8.30. The van der Waals surface area contributed by atoms with Crippen LogP contribution < -0.4 is 4.74 Å². The van der Waals surface area contributed by atoms with E-state index in [2.05, 4.69) is 17.0 Å². The van der Waals surface area contributed by atoms with Gasteiger partial charge in [-0.2, -0.15) is 0 Å². The second-order valence-electron chi connectivity index (χ2n) is 6.18. The average Bonchev–Trinajstić information content (AvgIpc) is 3.01. The van der Waals surface area contributed by atoms with Crippen LogP contribution in [0.4, 0.5) is 0 Å². The van der Waals surface area contributed by atoms with Crippen LogP contribution in [0.5, 0.6) is 5.75 Å². The van der Waals surface area contributed by atoms with Crippen molar-refractivity contribution in [2.24, 2.45) is 0 Å². The normalized spacial score (nSPS) is 21.3. The minimum absolute atomic E-state index is 0.00520. The molecule has 5 heteroatoms. The van der Waals surface area contributed by atoms with Crippen molar-refractivity contribution < 1.29 is 19.3 Å². The summed E-state index contributed by atoms with van der Waals surface area (Å²) in [7, 11) is 3.33. The number of aliphatic hydroxyl groups is 1. The van der Waals surface area contributed by atoms with Crippen molar-refractivity contribution in [2.75, 3.05) is 40.5 Å². The van der Waals surface area contributed by atoms with Crippen molar-refractivity contribution in [3.05, 3.63) is 29.8 Å². The predicted octanol–water partition coefficient (Wildman–Crippen LogP) is 2.24. The van der Waals surface area contributed by atoms with E-state index in [9.17, 15) is 5.11 Å². The Balaban J connectivity index is 1.85. The van der Waals surface area contributed by atoms with Crippen LogP contribution in [0.2, 0.25) is 0 Å². The highest BCUT2D eigenvalue weighted by Crippen LogP contribution is 2.32. The number of likely N-dealkylation sites (tertiary alicyclic amines) is 1. The van der Waals surface area contributed by atoms with Crippen LogP contribution in [0.1, 0.15) is 31.4 Å². The molecule has 1 aromatic carbocycles. The fourth-order valence-electron chi connectivity index (χ4n) is 3.13. The highest BCUT2D eigenvalue weighted by Gasteiger charge is 2.27. The number of nitrogens with zero attached hydrogens (tertiary/aromatic N) is 1. The van der Waals surface area contributed by atoms with Gasteiger partial charge in [0.2, 0.25) is 0 Å². The third kappa shape index (κ3) is 5.46. The summed E-state index contributed by atoms with van der Waals surface area (Å²) in [5.74, 6) is 0.874. The molecule has 0 radical (unpaired) electrons. The van der Waals surface area contributed by atoms with E-state index in [-0.39, 0.29) is 6.10 Å². The van der Waals surface area contributed by atoms with Gasteiger partial charge in [0, 0.05) is 19.7 Å². The topological polar surface area (TPSA) is 51.2 Å². The molecule has 1 aromatic rings. The number of hydrogen-bond acceptors (Lipinski definition) is 5. The zero-order chi connectivity index (χ0) is 16.7. The van der Waals surface area contributed by atoms with Gasteiger partial charge >= 0.3 is 0 Å². The second kappa shape index (κ2) is 9.23. The number of aliphatic hydroxyl groups excluding tert-OH is 1. The van der Waals surface area contributed by atoms with Gasteiger partial charge in [-0.15, -0.1) is 0 Å². The number of β-amino-alcohol motifs (C(OH)–C–C–N with tert-alkyl or cyclic N) is 1. The highest BCUT2D eigenvalue weighted by atomic mass is 16.5. The SMILES string of the molecule is COC[C@H](C)OC[C@H](O)CN1CCC[C@@H]1c1ccc(OC)cc1. The third-order valence-corrected chi connectivity index (χ3v) is 4.28. The Morgan fingerprint density at radius 1 is 1.22 bits per heavy atom. The largest absolute Gasteiger partial charge is 0.497 e. The maximum absolute atomic E-state index is 10.2. The Kier molecular flexibility index (Phi) is 7.30. The van der Waals surface area contributed by atoms with Crippen molar-refractivity contribution >= 4 is 0 Å². The number of ether oxygens (including phenoxy) is 3. The van der Waals surface area contributed by atoms with Crippen molar-refractivity contribution in [3.63, 3.8) is 0 Å². The van der Waals surface area contributed by atoms with E-state index in [0.29, 0.717) is 25.8 Å². The third-order valence-electron chi connectivity index (χ3n) is 4.28. The summed E-state index contributed by atoms with van der Waals surface area (Å²) in [6.07, 6.45) is 1.81. The molecule has 0 aromatic heterocycles. The first-order chi connectivity index (χ1) is 11.1. The van der Waals surface area contributed by atoms with Gasteiger partial charge in [-0.3, -0.25) is 4.90 Å². The molecule has 0 unspecified atom stereocenters. The molecule has 1 N–H and O–H groups in total. The summed E-state index contributed by atoms with van der Waals surface area (Å²) in [6.45, 7) is 4.49. The fourth-order valence-corrected chi connectivity index (χ4v) is 3.13. The van der Waals surface area contributed by atoms with E-state index in [1.807, 2.05) is 19.1 Å². The smallest absolute Gasteiger partial charge is 0.118 e. The maximum Gasteiger partial charge on any atom is 0.118 e. The van der Waals surface area contributed by atoms with Crippen LogP contribution in [0.25, 0.3) is 0 Å². The molecule has 1 fully saturated rings. The first-order valence-corrected chi connectivity index (χ1v) is 8.30. The van der Waals surface area contributed by atoms with Gasteiger partial charge in [0.25, 0.3) is 0 Å². The summed E-state index contributed by atoms with van der Waals surface area (Å²) in [5, 5.41) is 10.2. The average molecular weight is 323 g/mol. The number of rotatable bonds is 9. The van der Waals surface area contributed by atoms with Gasteiger partial charge in [-0.25, -0.2) is 0 Å². The quantitative estimate of drug-likeness (QED) is 0.755. The molecule has 0 saturated carbocycles. The monoisotopic (exact) mass is 323 g/mol. The molecule has 1 aliphatic rings. The second-order valence-corrected chi connectivity index (χ2v) is 6.18. The van der Waals surface area contributed by atoms with Crippen LogP contribution in [-0.4, -0.2) is 62.7 Å². The number of hydrogen-bond donors (Lipinski definition) is 1. The van der Waals surface area contributed by atoms with Gasteiger partial charge < -0.3 is 19.3 Å². The number of methoxy groups -OCH3 is 2. The van der Waals surface area contributed by atoms with E-state index in [0.717, 1.165) is 25.1 Å². The predicted molar refractivity (Wildman–Crippen MR) is 89.8 cm³/mol. The van der Waals surface area contributed by atoms with Gasteiger partial charge in [0.05, 0.1) is 32.5 Å². The molecule has 5 nitrogen and oxygen atoms in total. The summed E-state index contributed by atoms with van der Waals surface area (Å²) < 4.78 is 15.9. The molecule has 23 heavy (non-hydrogen) atoms. The molecule has 2 rings (SSSR count). The van der Waals surface area contributed by atoms with E-state index in [1.54, 1.807) is 14.2 Å². The lowest BCUT2D eigenvalue weighted by atomic mass is 10.0. The molecule has 0 bridgehead atoms. The molecule has 1 saturated heterocycles. The van der Waals surface area contributed by atoms with Crippen LogP contribution in [-0.2, 0) is 9.47 Å². The van der Waals surface area contributed by atoms with Gasteiger partial charge in [-0.1, -0.05) is 12.1 Å². The zero-order valence-corrected chi connectivity index (χ0v) is 14.4. The molecular weight excluding hydrogens is 294 g/mol. The summed E-state index contributed by atoms with van der Waals surface area (Å²) in [4.78, 5) is 2.34. The lowest BCUT2D eigenvalue weighted by molar-refractivity contribution is -0.0406. The number of benzene rings is 1. The Bertz CT molecular complexity index is 451. The lowest BCUT2D eigenvalue weighted by Gasteiger charge is -2.27. The van der Waals surface area contributed by atoms with Crippen LogP contribution in [0.15, 0.2) is 24.3 Å². The van der Waals surface area contributed by atoms with Gasteiger partial charge in [0.15, 0.2) is 0 Å². The molecule has 0 spiro atoms. The fraction of sp³-hybridized carbons (Fsp3) is 0.667. The molecule has 1 aliphatic heterocycles. The zero-order valence-electron chi connectivity index (χ0n) is 14.4. The van der Waals surface area contributed by atoms with Crippen LogP contribution >= 0.6 is 0 Å². The molecule has 1 heterocycles. The lowest BCUT2D eigenvalue weighted by Crippen LogP contribution is -2.35. The Morgan fingerprint density at radius 3 is 2.61 bits per heavy atom. The highest BCUT2D eigenvalue weighted by molar-refractivity contribution is 5.29. The molecule has 0 amide bonds. The van der Waals surface area contributed by atoms with Crippen molar-refractivity contribution in [1.82, 2.24) is 4.90 Å². The van der Waals surface area contributed by atoms with E-state index in [4.69, 9.17) is 14.2 Å². The summed E-state index contributed by atoms with van der Waals surface area (Å²) in [5.41, 5.74) is 1.28. The maximum atomic E-state index is 10.2. The standard InChI is InChI=1S/C18H29NO4/c1-14(12-21-2)23-13-16(20)11-19-10-4-5-18(19)15-6-8-17(22-3)9-7-15/h6-9,14,16,18,20H,4-5,10-13H2,1-3H3/t14-,16+,18+/m0/s1. The molecule has 3 atom stereocenters. The first kappa shape index (κ1) is 18.2. The summed E-state index contributed by atoms with van der Waals surface area (Å²) in [6, 6.07) is 8.60. The Labute approximate surface area is 139 Å². The van der Waals surface area contributed by atoms with Crippen molar-refractivity contribution in [1.29, 1.82) is 0 Å². The Morgan fingerprint density at radius 2 is 1.96 bits per heavy atom. The Hall–Kier alpha value is -1.14. The molecular formula is C18H29NO4. The van der Waals surface area contributed by atoms with Gasteiger partial charge in [-0.05, 0) is 44.0 Å². The minimum atomic E-state index is -0.479. The van der Waals surface area contributed by atoms with Gasteiger partial charge in [0.1, 0.15) is 5.75 Å². The van der Waals surface area contributed by atoms with Crippen LogP contribution in [0.3, 0.4) is 0 Å². The summed E-state index contributed by atoms with van der Waals surface area (Å²) >= 11 is 0. The van der Waals surface area contributed by atoms with E-state index in [1.165, 1.54) is 5.56 Å². The molecule has 0 aliphatic carbocycles.